The second-order valence-corrected chi connectivity index (χ2v) is 6.76. The van der Waals surface area contributed by atoms with Crippen LogP contribution in [0, 0.1) is 0 Å². The highest BCUT2D eigenvalue weighted by Gasteiger charge is 2.39. The quantitative estimate of drug-likeness (QED) is 0.762. The average Bonchev–Trinajstić information content (AvgIpc) is 2.67. The third-order valence-corrected chi connectivity index (χ3v) is 4.61. The molecule has 2 fully saturated rings. The molecule has 2 heterocycles. The van der Waals surface area contributed by atoms with Crippen molar-refractivity contribution in [1.29, 1.82) is 0 Å². The van der Waals surface area contributed by atoms with Crippen LogP contribution in [0.5, 0.6) is 0 Å². The second-order valence-electron chi connectivity index (χ2n) is 6.76. The summed E-state index contributed by atoms with van der Waals surface area (Å²) in [6, 6.07) is 0. The van der Waals surface area contributed by atoms with E-state index < -0.39 is 5.60 Å². The third-order valence-electron chi connectivity index (χ3n) is 4.61. The molecule has 0 radical (unpaired) electrons. The van der Waals surface area contributed by atoms with Gasteiger partial charge in [-0.05, 0) is 40.3 Å². The molecule has 2 rings (SSSR count). The lowest BCUT2D eigenvalue weighted by Gasteiger charge is -2.36. The topological polar surface area (TPSA) is 53.1 Å². The molecule has 0 aromatic carbocycles. The van der Waals surface area contributed by atoms with Gasteiger partial charge in [0.05, 0.1) is 0 Å². The molecule has 0 aromatic heterocycles. The van der Waals surface area contributed by atoms with E-state index in [9.17, 15) is 9.59 Å². The van der Waals surface area contributed by atoms with E-state index >= 15 is 0 Å². The highest BCUT2D eigenvalue weighted by molar-refractivity contribution is 5.86. The van der Waals surface area contributed by atoms with Gasteiger partial charge in [0.2, 0.25) is 5.91 Å². The van der Waals surface area contributed by atoms with Gasteiger partial charge in [0.1, 0.15) is 5.60 Å². The number of hydrogen-bond donors (Lipinski definition) is 0. The second kappa shape index (κ2) is 7.42. The monoisotopic (exact) mass is 311 g/mol. The van der Waals surface area contributed by atoms with Crippen molar-refractivity contribution in [2.45, 2.75) is 38.2 Å². The molecular weight excluding hydrogens is 282 g/mol. The van der Waals surface area contributed by atoms with E-state index in [0.717, 1.165) is 32.4 Å². The summed E-state index contributed by atoms with van der Waals surface area (Å²) in [7, 11) is 4.00. The Balaban J connectivity index is 1.94. The Morgan fingerprint density at radius 2 is 2.05 bits per heavy atom. The van der Waals surface area contributed by atoms with E-state index in [4.69, 9.17) is 4.74 Å². The first-order valence-electron chi connectivity index (χ1n) is 8.28. The maximum Gasteiger partial charge on any atom is 0.254 e. The van der Waals surface area contributed by atoms with Gasteiger partial charge in [-0.1, -0.05) is 0 Å². The number of likely N-dealkylation sites (N-methyl/N-ethyl adjacent to an activating group) is 1. The fourth-order valence-electron chi connectivity index (χ4n) is 3.06. The minimum atomic E-state index is -0.694. The largest absolute Gasteiger partial charge is 0.365 e. The van der Waals surface area contributed by atoms with Crippen LogP contribution >= 0.6 is 0 Å². The highest BCUT2D eigenvalue weighted by Crippen LogP contribution is 2.27. The molecule has 2 aliphatic rings. The molecule has 6 nitrogen and oxygen atoms in total. The molecule has 6 heteroatoms. The van der Waals surface area contributed by atoms with E-state index in [1.165, 1.54) is 0 Å². The third kappa shape index (κ3) is 4.20. The first kappa shape index (κ1) is 17.2. The fourth-order valence-corrected chi connectivity index (χ4v) is 3.06. The van der Waals surface area contributed by atoms with Gasteiger partial charge in [0.25, 0.3) is 5.91 Å². The van der Waals surface area contributed by atoms with Crippen molar-refractivity contribution in [3.63, 3.8) is 0 Å². The molecule has 2 aliphatic heterocycles. The minimum absolute atomic E-state index is 0.0504. The van der Waals surface area contributed by atoms with E-state index in [0.29, 0.717) is 32.7 Å². The predicted molar refractivity (Wildman–Crippen MR) is 84.5 cm³/mol. The normalized spacial score (nSPS) is 27.2. The highest BCUT2D eigenvalue weighted by atomic mass is 16.5. The Bertz CT molecular complexity index is 405. The van der Waals surface area contributed by atoms with Crippen LogP contribution in [0.1, 0.15) is 32.6 Å². The standard InChI is InChI=1S/C16H29N3O3/c1-16(7-4-5-13-22-16)15(21)19-8-6-14(20)18(11-12-19)10-9-17(2)3/h4-13H2,1-3H3. The molecule has 0 spiro atoms. The number of hydrogen-bond acceptors (Lipinski definition) is 4. The Morgan fingerprint density at radius 3 is 2.68 bits per heavy atom. The lowest BCUT2D eigenvalue weighted by molar-refractivity contribution is -0.161. The summed E-state index contributed by atoms with van der Waals surface area (Å²) in [5.41, 5.74) is -0.694. The van der Waals surface area contributed by atoms with Gasteiger partial charge in [-0.25, -0.2) is 0 Å². The van der Waals surface area contributed by atoms with Gasteiger partial charge in [0.15, 0.2) is 0 Å². The maximum atomic E-state index is 12.8. The van der Waals surface area contributed by atoms with Crippen molar-refractivity contribution in [3.05, 3.63) is 0 Å². The van der Waals surface area contributed by atoms with Crippen LogP contribution in [-0.4, -0.2) is 85.5 Å². The van der Waals surface area contributed by atoms with Gasteiger partial charge in [-0.2, -0.15) is 0 Å². The Morgan fingerprint density at radius 1 is 1.27 bits per heavy atom. The van der Waals surface area contributed by atoms with Crippen LogP contribution in [0.2, 0.25) is 0 Å². The van der Waals surface area contributed by atoms with E-state index in [1.54, 1.807) is 0 Å². The molecular formula is C16H29N3O3. The number of nitrogens with zero attached hydrogens (tertiary/aromatic N) is 3. The molecule has 1 atom stereocenters. The molecule has 0 aliphatic carbocycles. The summed E-state index contributed by atoms with van der Waals surface area (Å²) in [6.07, 6.45) is 3.25. The average molecular weight is 311 g/mol. The molecule has 0 N–H and O–H groups in total. The van der Waals surface area contributed by atoms with Gasteiger partial charge >= 0.3 is 0 Å². The van der Waals surface area contributed by atoms with Gasteiger partial charge in [-0.3, -0.25) is 9.59 Å². The smallest absolute Gasteiger partial charge is 0.254 e. The Labute approximate surface area is 133 Å². The SMILES string of the molecule is CN(C)CCN1CCN(C(=O)C2(C)CCCCO2)CCC1=O. The zero-order chi connectivity index (χ0) is 16.2. The summed E-state index contributed by atoms with van der Waals surface area (Å²) >= 11 is 0. The maximum absolute atomic E-state index is 12.8. The number of carbonyl (C=O) groups is 2. The van der Waals surface area contributed by atoms with Crippen LogP contribution < -0.4 is 0 Å². The lowest BCUT2D eigenvalue weighted by atomic mass is 9.94. The first-order chi connectivity index (χ1) is 10.4. The first-order valence-corrected chi connectivity index (χ1v) is 8.28. The molecule has 0 aromatic rings. The summed E-state index contributed by atoms with van der Waals surface area (Å²) in [4.78, 5) is 30.7. The summed E-state index contributed by atoms with van der Waals surface area (Å²) in [5.74, 6) is 0.196. The van der Waals surface area contributed by atoms with Gasteiger partial charge in [-0.15, -0.1) is 0 Å². The lowest BCUT2D eigenvalue weighted by Crippen LogP contribution is -2.51. The molecule has 0 saturated carbocycles. The van der Waals surface area contributed by atoms with Crippen molar-refractivity contribution >= 4 is 11.8 Å². The van der Waals surface area contributed by atoms with Gasteiger partial charge in [0, 0.05) is 45.8 Å². The summed E-state index contributed by atoms with van der Waals surface area (Å²) in [6.45, 7) is 5.86. The number of ether oxygens (including phenoxy) is 1. The van der Waals surface area contributed by atoms with Crippen molar-refractivity contribution < 1.29 is 14.3 Å². The Kier molecular flexibility index (Phi) is 5.81. The molecule has 2 amide bonds. The summed E-state index contributed by atoms with van der Waals surface area (Å²) in [5, 5.41) is 0. The van der Waals surface area contributed by atoms with Crippen LogP contribution in [0.4, 0.5) is 0 Å². The van der Waals surface area contributed by atoms with Crippen LogP contribution in [0.15, 0.2) is 0 Å². The zero-order valence-corrected chi connectivity index (χ0v) is 14.1. The van der Waals surface area contributed by atoms with Crippen molar-refractivity contribution in [2.75, 3.05) is 53.4 Å². The van der Waals surface area contributed by atoms with Crippen LogP contribution in [0.25, 0.3) is 0 Å². The number of carbonyl (C=O) groups excluding carboxylic acids is 2. The molecule has 22 heavy (non-hydrogen) atoms. The van der Waals surface area contributed by atoms with Crippen molar-refractivity contribution in [1.82, 2.24) is 14.7 Å². The van der Waals surface area contributed by atoms with Crippen LogP contribution in [-0.2, 0) is 14.3 Å². The number of amides is 2. The molecule has 1 unspecified atom stereocenters. The molecule has 0 bridgehead atoms. The summed E-state index contributed by atoms with van der Waals surface area (Å²) < 4.78 is 5.76. The van der Waals surface area contributed by atoms with Crippen molar-refractivity contribution in [3.8, 4) is 0 Å². The molecule has 126 valence electrons. The zero-order valence-electron chi connectivity index (χ0n) is 14.1. The minimum Gasteiger partial charge on any atom is -0.365 e. The van der Waals surface area contributed by atoms with Crippen molar-refractivity contribution in [2.24, 2.45) is 0 Å². The Hall–Kier alpha value is -1.14. The fraction of sp³-hybridized carbons (Fsp3) is 0.875. The van der Waals surface area contributed by atoms with Crippen LogP contribution in [0.3, 0.4) is 0 Å². The molecule has 2 saturated heterocycles. The van der Waals surface area contributed by atoms with E-state index in [2.05, 4.69) is 4.90 Å². The number of rotatable bonds is 4. The van der Waals surface area contributed by atoms with E-state index in [1.807, 2.05) is 30.8 Å². The predicted octanol–water partition coefficient (Wildman–Crippen LogP) is 0.568. The van der Waals surface area contributed by atoms with E-state index in [-0.39, 0.29) is 11.8 Å². The van der Waals surface area contributed by atoms with Gasteiger partial charge < -0.3 is 19.4 Å².